The van der Waals surface area contributed by atoms with E-state index in [1.165, 1.54) is 0 Å². The third-order valence-corrected chi connectivity index (χ3v) is 4.33. The van der Waals surface area contributed by atoms with Crippen LogP contribution in [0.2, 0.25) is 0 Å². The standard InChI is InChI=1S/C19H24N2O4/c1-3-17-18(13(2)25-21-17)19(22)20-11-14-6-8-15(9-7-14)24-12-16-5-4-10-23-16/h6-9,16H,3-5,10-12H2,1-2H3,(H,20,22)/t16-/m1/s1. The number of hydrogen-bond acceptors (Lipinski definition) is 5. The molecule has 0 saturated carbocycles. The van der Waals surface area contributed by atoms with Crippen molar-refractivity contribution in [3.8, 4) is 5.75 Å². The number of rotatable bonds is 7. The molecule has 1 amide bonds. The number of amides is 1. The van der Waals surface area contributed by atoms with Crippen LogP contribution in [0.1, 0.15) is 47.1 Å². The van der Waals surface area contributed by atoms with E-state index in [0.29, 0.717) is 36.6 Å². The zero-order valence-electron chi connectivity index (χ0n) is 14.7. The van der Waals surface area contributed by atoms with E-state index in [2.05, 4.69) is 10.5 Å². The average molecular weight is 344 g/mol. The number of nitrogens with zero attached hydrogens (tertiary/aromatic N) is 1. The molecule has 1 aromatic heterocycles. The van der Waals surface area contributed by atoms with Crippen molar-refractivity contribution in [2.75, 3.05) is 13.2 Å². The zero-order valence-corrected chi connectivity index (χ0v) is 14.7. The van der Waals surface area contributed by atoms with Crippen LogP contribution in [0.4, 0.5) is 0 Å². The molecule has 1 saturated heterocycles. The van der Waals surface area contributed by atoms with Gasteiger partial charge in [0.15, 0.2) is 0 Å². The number of aromatic nitrogens is 1. The normalized spacial score (nSPS) is 16.8. The molecule has 1 aliphatic rings. The van der Waals surface area contributed by atoms with Crippen molar-refractivity contribution in [3.63, 3.8) is 0 Å². The van der Waals surface area contributed by atoms with Gasteiger partial charge in [-0.1, -0.05) is 24.2 Å². The summed E-state index contributed by atoms with van der Waals surface area (Å²) < 4.78 is 16.4. The van der Waals surface area contributed by atoms with E-state index in [9.17, 15) is 4.79 Å². The summed E-state index contributed by atoms with van der Waals surface area (Å²) in [6, 6.07) is 7.73. The molecular weight excluding hydrogens is 320 g/mol. The van der Waals surface area contributed by atoms with Crippen LogP contribution in [-0.2, 0) is 17.7 Å². The number of carbonyl (C=O) groups is 1. The van der Waals surface area contributed by atoms with E-state index in [0.717, 1.165) is 30.8 Å². The molecule has 0 radical (unpaired) electrons. The Hall–Kier alpha value is -2.34. The van der Waals surface area contributed by atoms with Gasteiger partial charge >= 0.3 is 0 Å². The quantitative estimate of drug-likeness (QED) is 0.836. The minimum Gasteiger partial charge on any atom is -0.491 e. The van der Waals surface area contributed by atoms with Crippen molar-refractivity contribution < 1.29 is 18.8 Å². The third-order valence-electron chi connectivity index (χ3n) is 4.33. The lowest BCUT2D eigenvalue weighted by molar-refractivity contribution is 0.0679. The predicted octanol–water partition coefficient (Wildman–Crippen LogP) is 3.03. The van der Waals surface area contributed by atoms with Gasteiger partial charge in [-0.3, -0.25) is 4.79 Å². The highest BCUT2D eigenvalue weighted by Crippen LogP contribution is 2.17. The molecule has 0 unspecified atom stereocenters. The average Bonchev–Trinajstić information content (AvgIpc) is 3.28. The van der Waals surface area contributed by atoms with Crippen molar-refractivity contribution >= 4 is 5.91 Å². The molecule has 1 N–H and O–H groups in total. The summed E-state index contributed by atoms with van der Waals surface area (Å²) in [7, 11) is 0. The first kappa shape index (κ1) is 17.5. The van der Waals surface area contributed by atoms with E-state index in [1.807, 2.05) is 31.2 Å². The van der Waals surface area contributed by atoms with Gasteiger partial charge in [0.25, 0.3) is 5.91 Å². The van der Waals surface area contributed by atoms with Crippen molar-refractivity contribution in [1.82, 2.24) is 10.5 Å². The number of nitrogens with one attached hydrogen (secondary N) is 1. The lowest BCUT2D eigenvalue weighted by atomic mass is 10.1. The van der Waals surface area contributed by atoms with Crippen LogP contribution in [0, 0.1) is 6.92 Å². The minimum absolute atomic E-state index is 0.158. The molecule has 0 aliphatic carbocycles. The van der Waals surface area contributed by atoms with Crippen LogP contribution in [-0.4, -0.2) is 30.4 Å². The van der Waals surface area contributed by atoms with Crippen LogP contribution in [0.5, 0.6) is 5.75 Å². The lowest BCUT2D eigenvalue weighted by Gasteiger charge is -2.12. The molecule has 0 spiro atoms. The van der Waals surface area contributed by atoms with Crippen LogP contribution in [0.3, 0.4) is 0 Å². The summed E-state index contributed by atoms with van der Waals surface area (Å²) in [4.78, 5) is 12.3. The van der Waals surface area contributed by atoms with E-state index >= 15 is 0 Å². The molecule has 2 heterocycles. The molecule has 134 valence electrons. The summed E-state index contributed by atoms with van der Waals surface area (Å²) in [6.45, 7) is 5.56. The minimum atomic E-state index is -0.158. The molecule has 1 atom stereocenters. The van der Waals surface area contributed by atoms with Gasteiger partial charge in [0.2, 0.25) is 0 Å². The molecule has 1 fully saturated rings. The Morgan fingerprint density at radius 1 is 1.36 bits per heavy atom. The second kappa shape index (κ2) is 8.16. The van der Waals surface area contributed by atoms with Gasteiger partial charge in [-0.15, -0.1) is 0 Å². The molecule has 6 heteroatoms. The SMILES string of the molecule is CCc1noc(C)c1C(=O)NCc1ccc(OC[C@H]2CCCO2)cc1. The summed E-state index contributed by atoms with van der Waals surface area (Å²) in [5.41, 5.74) is 2.23. The largest absolute Gasteiger partial charge is 0.491 e. The molecule has 3 rings (SSSR count). The molecule has 1 aromatic carbocycles. The number of hydrogen-bond donors (Lipinski definition) is 1. The second-order valence-electron chi connectivity index (χ2n) is 6.19. The number of benzene rings is 1. The molecule has 0 bridgehead atoms. The maximum Gasteiger partial charge on any atom is 0.257 e. The number of ether oxygens (including phenoxy) is 2. The Balaban J connectivity index is 1.51. The Morgan fingerprint density at radius 3 is 2.84 bits per heavy atom. The topological polar surface area (TPSA) is 73.6 Å². The van der Waals surface area contributed by atoms with Crippen molar-refractivity contribution in [2.24, 2.45) is 0 Å². The number of aryl methyl sites for hydroxylation is 2. The highest BCUT2D eigenvalue weighted by atomic mass is 16.5. The molecular formula is C19H24N2O4. The fourth-order valence-electron chi connectivity index (χ4n) is 2.89. The Kier molecular flexibility index (Phi) is 5.71. The van der Waals surface area contributed by atoms with Crippen LogP contribution in [0.25, 0.3) is 0 Å². The number of carbonyl (C=O) groups excluding carboxylic acids is 1. The van der Waals surface area contributed by atoms with Crippen LogP contribution >= 0.6 is 0 Å². The van der Waals surface area contributed by atoms with E-state index in [4.69, 9.17) is 14.0 Å². The van der Waals surface area contributed by atoms with Crippen molar-refractivity contribution in [1.29, 1.82) is 0 Å². The molecule has 6 nitrogen and oxygen atoms in total. The maximum absolute atomic E-state index is 12.3. The first-order chi connectivity index (χ1) is 12.2. The molecule has 1 aliphatic heterocycles. The predicted molar refractivity (Wildman–Crippen MR) is 92.7 cm³/mol. The van der Waals surface area contributed by atoms with E-state index in [1.54, 1.807) is 6.92 Å². The van der Waals surface area contributed by atoms with E-state index < -0.39 is 0 Å². The van der Waals surface area contributed by atoms with Gasteiger partial charge in [0.05, 0.1) is 11.8 Å². The van der Waals surface area contributed by atoms with Gasteiger partial charge in [-0.2, -0.15) is 0 Å². The highest BCUT2D eigenvalue weighted by Gasteiger charge is 2.19. The Labute approximate surface area is 147 Å². The summed E-state index contributed by atoms with van der Waals surface area (Å²) in [5.74, 6) is 1.20. The van der Waals surface area contributed by atoms with Gasteiger partial charge in [-0.25, -0.2) is 0 Å². The maximum atomic E-state index is 12.3. The summed E-state index contributed by atoms with van der Waals surface area (Å²) in [5, 5.41) is 6.83. The zero-order chi connectivity index (χ0) is 17.6. The van der Waals surface area contributed by atoms with Crippen molar-refractivity contribution in [3.05, 3.63) is 46.8 Å². The van der Waals surface area contributed by atoms with Crippen LogP contribution < -0.4 is 10.1 Å². The molecule has 25 heavy (non-hydrogen) atoms. The first-order valence-electron chi connectivity index (χ1n) is 8.74. The smallest absolute Gasteiger partial charge is 0.257 e. The summed E-state index contributed by atoms with van der Waals surface area (Å²) >= 11 is 0. The van der Waals surface area contributed by atoms with Gasteiger partial charge in [-0.05, 0) is 43.9 Å². The van der Waals surface area contributed by atoms with E-state index in [-0.39, 0.29) is 12.0 Å². The van der Waals surface area contributed by atoms with Gasteiger partial charge in [0.1, 0.15) is 23.7 Å². The third kappa shape index (κ3) is 4.39. The lowest BCUT2D eigenvalue weighted by Crippen LogP contribution is -2.24. The van der Waals surface area contributed by atoms with Crippen molar-refractivity contribution in [2.45, 2.75) is 45.8 Å². The van der Waals surface area contributed by atoms with Crippen LogP contribution in [0.15, 0.2) is 28.8 Å². The fraction of sp³-hybridized carbons (Fsp3) is 0.474. The second-order valence-corrected chi connectivity index (χ2v) is 6.19. The molecule has 2 aromatic rings. The first-order valence-corrected chi connectivity index (χ1v) is 8.74. The Morgan fingerprint density at radius 2 is 2.16 bits per heavy atom. The Bertz CT molecular complexity index is 703. The summed E-state index contributed by atoms with van der Waals surface area (Å²) in [6.07, 6.45) is 3.04. The van der Waals surface area contributed by atoms with Gasteiger partial charge in [0, 0.05) is 13.2 Å². The fourth-order valence-corrected chi connectivity index (χ4v) is 2.89. The highest BCUT2D eigenvalue weighted by molar-refractivity contribution is 5.96. The monoisotopic (exact) mass is 344 g/mol. The van der Waals surface area contributed by atoms with Gasteiger partial charge < -0.3 is 19.3 Å².